The highest BCUT2D eigenvalue weighted by molar-refractivity contribution is 6.17. The highest BCUT2D eigenvalue weighted by Crippen LogP contribution is 2.32. The van der Waals surface area contributed by atoms with Crippen molar-refractivity contribution in [3.8, 4) is 11.5 Å². The monoisotopic (exact) mass is 258 g/mol. The highest BCUT2D eigenvalue weighted by atomic mass is 35.5. The van der Waals surface area contributed by atoms with Gasteiger partial charge in [-0.25, -0.2) is 0 Å². The fraction of sp³-hybridized carbons (Fsp3) is 0.500. The van der Waals surface area contributed by atoms with Gasteiger partial charge < -0.3 is 18.9 Å². The van der Waals surface area contributed by atoms with E-state index in [0.717, 1.165) is 17.1 Å². The van der Waals surface area contributed by atoms with E-state index in [1.54, 1.807) is 0 Å². The summed E-state index contributed by atoms with van der Waals surface area (Å²) < 4.78 is 21.3. The Bertz CT molecular complexity index is 370. The van der Waals surface area contributed by atoms with Crippen molar-refractivity contribution in [2.45, 2.75) is 19.8 Å². The summed E-state index contributed by atoms with van der Waals surface area (Å²) in [6, 6.07) is 5.74. The Balaban J connectivity index is 1.83. The topological polar surface area (TPSA) is 36.9 Å². The van der Waals surface area contributed by atoms with E-state index in [1.807, 2.05) is 25.1 Å². The van der Waals surface area contributed by atoms with Crippen molar-refractivity contribution >= 4 is 11.6 Å². The van der Waals surface area contributed by atoms with Gasteiger partial charge in [-0.1, -0.05) is 6.07 Å². The van der Waals surface area contributed by atoms with Gasteiger partial charge in [-0.2, -0.15) is 0 Å². The third-order valence-electron chi connectivity index (χ3n) is 2.35. The average molecular weight is 259 g/mol. The second-order valence-corrected chi connectivity index (χ2v) is 4.00. The summed E-state index contributed by atoms with van der Waals surface area (Å²) in [7, 11) is 0. The molecule has 0 saturated carbocycles. The molecule has 1 aliphatic rings. The molecule has 0 unspecified atom stereocenters. The number of fused-ring (bicyclic) bond motifs is 1. The first-order valence-electron chi connectivity index (χ1n) is 5.47. The van der Waals surface area contributed by atoms with Crippen molar-refractivity contribution in [1.82, 2.24) is 0 Å². The zero-order valence-corrected chi connectivity index (χ0v) is 10.4. The molecule has 0 aromatic heterocycles. The fourth-order valence-electron chi connectivity index (χ4n) is 1.50. The van der Waals surface area contributed by atoms with Gasteiger partial charge in [0.1, 0.15) is 0 Å². The van der Waals surface area contributed by atoms with Crippen LogP contribution >= 0.6 is 11.6 Å². The Morgan fingerprint density at radius 3 is 2.94 bits per heavy atom. The molecule has 0 fully saturated rings. The Hall–Kier alpha value is -0.970. The van der Waals surface area contributed by atoms with Crippen molar-refractivity contribution in [2.75, 3.05) is 19.3 Å². The van der Waals surface area contributed by atoms with E-state index in [4.69, 9.17) is 30.5 Å². The van der Waals surface area contributed by atoms with Gasteiger partial charge in [0.25, 0.3) is 0 Å². The third kappa shape index (κ3) is 3.49. The minimum atomic E-state index is -0.265. The molecule has 94 valence electrons. The second kappa shape index (κ2) is 6.10. The maximum Gasteiger partial charge on any atom is 0.231 e. The Kier molecular flexibility index (Phi) is 4.48. The molecule has 1 aromatic carbocycles. The van der Waals surface area contributed by atoms with E-state index in [1.165, 1.54) is 0 Å². The standard InChI is InChI=1S/C12H15ClO4/c1-9(14-5-4-13)15-7-10-2-3-11-12(6-10)17-8-16-11/h2-3,6,9H,4-5,7-8H2,1H3/t9-/m0/s1. The van der Waals surface area contributed by atoms with Crippen LogP contribution in [0.2, 0.25) is 0 Å². The van der Waals surface area contributed by atoms with Crippen molar-refractivity contribution in [1.29, 1.82) is 0 Å². The van der Waals surface area contributed by atoms with Crippen LogP contribution < -0.4 is 9.47 Å². The molecular formula is C12H15ClO4. The Labute approximate surface area is 105 Å². The number of hydrogen-bond acceptors (Lipinski definition) is 4. The molecule has 0 saturated heterocycles. The van der Waals surface area contributed by atoms with Crippen LogP contribution in [0.25, 0.3) is 0 Å². The largest absolute Gasteiger partial charge is 0.454 e. The van der Waals surface area contributed by atoms with E-state index in [9.17, 15) is 0 Å². The fourth-order valence-corrected chi connectivity index (χ4v) is 1.59. The van der Waals surface area contributed by atoms with E-state index >= 15 is 0 Å². The molecule has 17 heavy (non-hydrogen) atoms. The number of halogens is 1. The summed E-state index contributed by atoms with van der Waals surface area (Å²) in [6.07, 6.45) is -0.265. The molecule has 0 bridgehead atoms. The van der Waals surface area contributed by atoms with Crippen LogP contribution in [0.15, 0.2) is 18.2 Å². The number of hydrogen-bond donors (Lipinski definition) is 0. The number of ether oxygens (including phenoxy) is 4. The molecule has 1 aliphatic heterocycles. The highest BCUT2D eigenvalue weighted by Gasteiger charge is 2.13. The number of alkyl halides is 1. The van der Waals surface area contributed by atoms with Gasteiger partial charge in [0.05, 0.1) is 13.2 Å². The van der Waals surface area contributed by atoms with E-state index < -0.39 is 0 Å². The third-order valence-corrected chi connectivity index (χ3v) is 2.51. The van der Waals surface area contributed by atoms with Gasteiger partial charge in [0, 0.05) is 5.88 Å². The van der Waals surface area contributed by atoms with Crippen LogP contribution in [-0.2, 0) is 16.1 Å². The zero-order valence-electron chi connectivity index (χ0n) is 9.65. The van der Waals surface area contributed by atoms with Crippen molar-refractivity contribution < 1.29 is 18.9 Å². The van der Waals surface area contributed by atoms with Gasteiger partial charge in [-0.3, -0.25) is 0 Å². The minimum absolute atomic E-state index is 0.265. The van der Waals surface area contributed by atoms with Crippen molar-refractivity contribution in [2.24, 2.45) is 0 Å². The lowest BCUT2D eigenvalue weighted by molar-refractivity contribution is -0.133. The van der Waals surface area contributed by atoms with E-state index in [-0.39, 0.29) is 13.1 Å². The molecule has 0 spiro atoms. The van der Waals surface area contributed by atoms with Crippen molar-refractivity contribution in [3.63, 3.8) is 0 Å². The maximum atomic E-state index is 5.52. The molecule has 4 nitrogen and oxygen atoms in total. The molecule has 5 heteroatoms. The molecular weight excluding hydrogens is 244 g/mol. The molecule has 0 radical (unpaired) electrons. The molecule has 2 rings (SSSR count). The first-order valence-corrected chi connectivity index (χ1v) is 6.01. The Morgan fingerprint density at radius 1 is 1.29 bits per heavy atom. The smallest absolute Gasteiger partial charge is 0.231 e. The van der Waals surface area contributed by atoms with Crippen molar-refractivity contribution in [3.05, 3.63) is 23.8 Å². The van der Waals surface area contributed by atoms with Gasteiger partial charge in [-0.05, 0) is 24.6 Å². The van der Waals surface area contributed by atoms with Crippen LogP contribution in [-0.4, -0.2) is 25.6 Å². The normalized spacial score (nSPS) is 14.9. The molecule has 0 aliphatic carbocycles. The minimum Gasteiger partial charge on any atom is -0.454 e. The lowest BCUT2D eigenvalue weighted by atomic mass is 10.2. The first-order chi connectivity index (χ1) is 8.29. The Morgan fingerprint density at radius 2 is 2.12 bits per heavy atom. The quantitative estimate of drug-likeness (QED) is 0.580. The summed E-state index contributed by atoms with van der Waals surface area (Å²) in [4.78, 5) is 0. The molecule has 0 amide bonds. The van der Waals surface area contributed by atoms with Crippen LogP contribution in [0.4, 0.5) is 0 Å². The maximum absolute atomic E-state index is 5.52. The molecule has 1 aromatic rings. The number of benzene rings is 1. The van der Waals surface area contributed by atoms with Gasteiger partial charge in [0.2, 0.25) is 6.79 Å². The van der Waals surface area contributed by atoms with Gasteiger partial charge >= 0.3 is 0 Å². The van der Waals surface area contributed by atoms with E-state index in [0.29, 0.717) is 19.1 Å². The summed E-state index contributed by atoms with van der Waals surface area (Å²) in [5.74, 6) is 2.01. The molecule has 1 heterocycles. The summed E-state index contributed by atoms with van der Waals surface area (Å²) in [5, 5.41) is 0. The second-order valence-electron chi connectivity index (χ2n) is 3.63. The molecule has 1 atom stereocenters. The predicted octanol–water partition coefficient (Wildman–Crippen LogP) is 2.53. The summed E-state index contributed by atoms with van der Waals surface area (Å²) >= 11 is 5.52. The number of rotatable bonds is 6. The first kappa shape index (κ1) is 12.5. The average Bonchev–Trinajstić information content (AvgIpc) is 2.81. The summed E-state index contributed by atoms with van der Waals surface area (Å²) in [5.41, 5.74) is 1.02. The lowest BCUT2D eigenvalue weighted by Crippen LogP contribution is -2.14. The van der Waals surface area contributed by atoms with Crippen LogP contribution in [0.1, 0.15) is 12.5 Å². The molecule has 0 N–H and O–H groups in total. The SMILES string of the molecule is C[C@@H](OCCCl)OCc1ccc2c(c1)OCO2. The van der Waals surface area contributed by atoms with Gasteiger partial charge in [0.15, 0.2) is 17.8 Å². The van der Waals surface area contributed by atoms with Crippen LogP contribution in [0, 0.1) is 0 Å². The van der Waals surface area contributed by atoms with Crippen LogP contribution in [0.3, 0.4) is 0 Å². The zero-order chi connectivity index (χ0) is 12.1. The predicted molar refractivity (Wildman–Crippen MR) is 63.5 cm³/mol. The summed E-state index contributed by atoms with van der Waals surface area (Å²) in [6.45, 7) is 3.10. The van der Waals surface area contributed by atoms with Gasteiger partial charge in [-0.15, -0.1) is 11.6 Å². The lowest BCUT2D eigenvalue weighted by Gasteiger charge is -2.13. The van der Waals surface area contributed by atoms with E-state index in [2.05, 4.69) is 0 Å². The van der Waals surface area contributed by atoms with Crippen LogP contribution in [0.5, 0.6) is 11.5 Å².